The number of pyridine rings is 1. The minimum absolute atomic E-state index is 0.0964. The van der Waals surface area contributed by atoms with Gasteiger partial charge in [-0.3, -0.25) is 9.78 Å². The van der Waals surface area contributed by atoms with Gasteiger partial charge in [-0.15, -0.1) is 0 Å². The standard InChI is InChI=1S/C21H28N2O3/c24-20(18-7-2-1-3-8-18)23-11-5-9-21(16-23)12-19(15-26-21)25-14-17-6-4-10-22-13-17/h4,6-7,10,13,19H,1-3,5,8-9,11-12,14-16H2/t19-,21+/m1/s1. The Morgan fingerprint density at radius 2 is 2.35 bits per heavy atom. The van der Waals surface area contributed by atoms with Crippen LogP contribution < -0.4 is 0 Å². The second-order valence-electron chi connectivity index (χ2n) is 7.80. The highest BCUT2D eigenvalue weighted by atomic mass is 16.6. The van der Waals surface area contributed by atoms with Gasteiger partial charge < -0.3 is 14.4 Å². The van der Waals surface area contributed by atoms with Gasteiger partial charge in [-0.25, -0.2) is 0 Å². The summed E-state index contributed by atoms with van der Waals surface area (Å²) in [5.41, 5.74) is 1.87. The number of piperidine rings is 1. The molecule has 0 radical (unpaired) electrons. The lowest BCUT2D eigenvalue weighted by Gasteiger charge is -2.40. The first-order valence-corrected chi connectivity index (χ1v) is 9.87. The van der Waals surface area contributed by atoms with Crippen LogP contribution in [-0.4, -0.2) is 47.2 Å². The van der Waals surface area contributed by atoms with Crippen LogP contribution in [0.15, 0.2) is 36.2 Å². The lowest BCUT2D eigenvalue weighted by molar-refractivity contribution is -0.135. The van der Waals surface area contributed by atoms with Crippen molar-refractivity contribution < 1.29 is 14.3 Å². The van der Waals surface area contributed by atoms with E-state index < -0.39 is 0 Å². The van der Waals surface area contributed by atoms with E-state index in [1.54, 1.807) is 6.20 Å². The largest absolute Gasteiger partial charge is 0.371 e. The van der Waals surface area contributed by atoms with E-state index in [9.17, 15) is 4.79 Å². The number of carbonyl (C=O) groups excluding carboxylic acids is 1. The number of likely N-dealkylation sites (tertiary alicyclic amines) is 1. The van der Waals surface area contributed by atoms with E-state index in [0.717, 1.165) is 56.2 Å². The molecular weight excluding hydrogens is 328 g/mol. The molecule has 1 aromatic heterocycles. The third-order valence-corrected chi connectivity index (χ3v) is 5.78. The number of ether oxygens (including phenoxy) is 2. The van der Waals surface area contributed by atoms with Crippen LogP contribution in [0, 0.1) is 0 Å². The molecule has 140 valence electrons. The van der Waals surface area contributed by atoms with Crippen molar-refractivity contribution in [1.82, 2.24) is 9.88 Å². The van der Waals surface area contributed by atoms with Crippen molar-refractivity contribution in [3.63, 3.8) is 0 Å². The minimum atomic E-state index is -0.220. The molecule has 0 aromatic carbocycles. The zero-order chi connectivity index (χ0) is 17.8. The van der Waals surface area contributed by atoms with Crippen LogP contribution in [0.5, 0.6) is 0 Å². The molecule has 0 unspecified atom stereocenters. The van der Waals surface area contributed by atoms with Gasteiger partial charge in [-0.1, -0.05) is 12.1 Å². The molecule has 1 aromatic rings. The van der Waals surface area contributed by atoms with Gasteiger partial charge in [-0.2, -0.15) is 0 Å². The summed E-state index contributed by atoms with van der Waals surface area (Å²) in [5, 5.41) is 0. The number of nitrogens with zero attached hydrogens (tertiary/aromatic N) is 2. The predicted molar refractivity (Wildman–Crippen MR) is 98.5 cm³/mol. The summed E-state index contributed by atoms with van der Waals surface area (Å²) in [6.07, 6.45) is 13.1. The Kier molecular flexibility index (Phi) is 5.36. The number of carbonyl (C=O) groups is 1. The van der Waals surface area contributed by atoms with Gasteiger partial charge in [0.1, 0.15) is 0 Å². The second kappa shape index (κ2) is 7.89. The molecule has 26 heavy (non-hydrogen) atoms. The van der Waals surface area contributed by atoms with Crippen molar-refractivity contribution in [3.05, 3.63) is 41.7 Å². The van der Waals surface area contributed by atoms with Crippen molar-refractivity contribution in [2.75, 3.05) is 19.7 Å². The zero-order valence-corrected chi connectivity index (χ0v) is 15.4. The average molecular weight is 356 g/mol. The quantitative estimate of drug-likeness (QED) is 0.831. The summed E-state index contributed by atoms with van der Waals surface area (Å²) in [6, 6.07) is 3.95. The lowest BCUT2D eigenvalue weighted by atomic mass is 9.88. The molecule has 5 heteroatoms. The van der Waals surface area contributed by atoms with Gasteiger partial charge in [0.05, 0.1) is 31.5 Å². The first-order chi connectivity index (χ1) is 12.7. The fourth-order valence-electron chi connectivity index (χ4n) is 4.40. The van der Waals surface area contributed by atoms with Crippen LogP contribution in [0.25, 0.3) is 0 Å². The number of hydrogen-bond acceptors (Lipinski definition) is 4. The molecule has 0 bridgehead atoms. The topological polar surface area (TPSA) is 51.7 Å². The van der Waals surface area contributed by atoms with Gasteiger partial charge in [0.2, 0.25) is 5.91 Å². The Morgan fingerprint density at radius 1 is 1.38 bits per heavy atom. The molecule has 4 rings (SSSR count). The Hall–Kier alpha value is -1.72. The van der Waals surface area contributed by atoms with Crippen LogP contribution in [0.2, 0.25) is 0 Å². The van der Waals surface area contributed by atoms with Crippen molar-refractivity contribution in [3.8, 4) is 0 Å². The maximum Gasteiger partial charge on any atom is 0.249 e. The first kappa shape index (κ1) is 17.7. The molecule has 0 N–H and O–H groups in total. The maximum absolute atomic E-state index is 12.8. The van der Waals surface area contributed by atoms with E-state index in [1.165, 1.54) is 6.42 Å². The summed E-state index contributed by atoms with van der Waals surface area (Å²) >= 11 is 0. The number of allylic oxidation sites excluding steroid dienone is 1. The Balaban J connectivity index is 1.33. The molecule has 2 saturated heterocycles. The monoisotopic (exact) mass is 356 g/mol. The highest BCUT2D eigenvalue weighted by Crippen LogP contribution is 2.36. The molecule has 2 fully saturated rings. The summed E-state index contributed by atoms with van der Waals surface area (Å²) in [5.74, 6) is 0.229. The lowest BCUT2D eigenvalue weighted by Crippen LogP contribution is -2.50. The Labute approximate surface area is 155 Å². The van der Waals surface area contributed by atoms with Crippen LogP contribution >= 0.6 is 0 Å². The molecule has 1 aliphatic carbocycles. The number of aromatic nitrogens is 1. The summed E-state index contributed by atoms with van der Waals surface area (Å²) < 4.78 is 12.2. The molecule has 2 atom stereocenters. The number of rotatable bonds is 4. The van der Waals surface area contributed by atoms with Crippen molar-refractivity contribution in [1.29, 1.82) is 0 Å². The Bertz CT molecular complexity index is 660. The Morgan fingerprint density at radius 3 is 3.15 bits per heavy atom. The van der Waals surface area contributed by atoms with E-state index in [0.29, 0.717) is 19.8 Å². The van der Waals surface area contributed by atoms with Crippen LogP contribution in [0.1, 0.15) is 50.5 Å². The van der Waals surface area contributed by atoms with Crippen molar-refractivity contribution in [2.45, 2.75) is 63.3 Å². The highest BCUT2D eigenvalue weighted by Gasteiger charge is 2.45. The highest BCUT2D eigenvalue weighted by molar-refractivity contribution is 5.93. The van der Waals surface area contributed by atoms with E-state index in [2.05, 4.69) is 11.1 Å². The molecule has 1 amide bonds. The van der Waals surface area contributed by atoms with Gasteiger partial charge in [0.15, 0.2) is 0 Å². The number of amides is 1. The summed E-state index contributed by atoms with van der Waals surface area (Å²) in [7, 11) is 0. The smallest absolute Gasteiger partial charge is 0.249 e. The molecule has 3 aliphatic rings. The minimum Gasteiger partial charge on any atom is -0.371 e. The SMILES string of the molecule is O=C(C1=CCCCC1)N1CCC[C@]2(C[C@@H](OCc3cccnc3)CO2)C1. The fourth-order valence-corrected chi connectivity index (χ4v) is 4.40. The molecule has 0 saturated carbocycles. The molecule has 2 aliphatic heterocycles. The van der Waals surface area contributed by atoms with Gasteiger partial charge in [0, 0.05) is 30.9 Å². The molecule has 1 spiro atoms. The average Bonchev–Trinajstić information content (AvgIpc) is 3.09. The van der Waals surface area contributed by atoms with Crippen molar-refractivity contribution >= 4 is 5.91 Å². The van der Waals surface area contributed by atoms with Crippen LogP contribution in [0.3, 0.4) is 0 Å². The molecule has 3 heterocycles. The maximum atomic E-state index is 12.8. The first-order valence-electron chi connectivity index (χ1n) is 9.87. The number of hydrogen-bond donors (Lipinski definition) is 0. The predicted octanol–water partition coefficient (Wildman–Crippen LogP) is 3.25. The van der Waals surface area contributed by atoms with Gasteiger partial charge in [-0.05, 0) is 50.2 Å². The summed E-state index contributed by atoms with van der Waals surface area (Å²) in [6.45, 7) is 2.73. The van der Waals surface area contributed by atoms with Crippen molar-refractivity contribution in [2.24, 2.45) is 0 Å². The van der Waals surface area contributed by atoms with Gasteiger partial charge in [0.25, 0.3) is 0 Å². The normalized spacial score (nSPS) is 29.0. The zero-order valence-electron chi connectivity index (χ0n) is 15.4. The van der Waals surface area contributed by atoms with Crippen LogP contribution in [-0.2, 0) is 20.9 Å². The van der Waals surface area contributed by atoms with E-state index in [4.69, 9.17) is 9.47 Å². The molecule has 5 nitrogen and oxygen atoms in total. The van der Waals surface area contributed by atoms with E-state index in [1.807, 2.05) is 23.2 Å². The van der Waals surface area contributed by atoms with E-state index >= 15 is 0 Å². The van der Waals surface area contributed by atoms with Crippen LogP contribution in [0.4, 0.5) is 0 Å². The summed E-state index contributed by atoms with van der Waals surface area (Å²) in [4.78, 5) is 19.0. The second-order valence-corrected chi connectivity index (χ2v) is 7.80. The third kappa shape index (κ3) is 3.99. The third-order valence-electron chi connectivity index (χ3n) is 5.78. The fraction of sp³-hybridized carbons (Fsp3) is 0.619. The van der Waals surface area contributed by atoms with Gasteiger partial charge >= 0.3 is 0 Å². The molecular formula is C21H28N2O3. The van der Waals surface area contributed by atoms with E-state index in [-0.39, 0.29) is 17.6 Å².